The summed E-state index contributed by atoms with van der Waals surface area (Å²) in [5, 5.41) is 8.89. The van der Waals surface area contributed by atoms with Crippen molar-refractivity contribution in [1.29, 1.82) is 0 Å². The summed E-state index contributed by atoms with van der Waals surface area (Å²) in [5.74, 6) is 0. The SMILES string of the molecule is CC(C)NCCNC(=O)NC1CCOC1. The Balaban J connectivity index is 1.98. The monoisotopic (exact) mass is 215 g/mol. The molecule has 0 bridgehead atoms. The van der Waals surface area contributed by atoms with Gasteiger partial charge in [-0.25, -0.2) is 4.79 Å². The molecule has 1 aliphatic rings. The lowest BCUT2D eigenvalue weighted by molar-refractivity contribution is 0.188. The number of hydrogen-bond acceptors (Lipinski definition) is 3. The highest BCUT2D eigenvalue weighted by Crippen LogP contribution is 2.02. The van der Waals surface area contributed by atoms with Crippen molar-refractivity contribution in [3.8, 4) is 0 Å². The van der Waals surface area contributed by atoms with Crippen molar-refractivity contribution in [1.82, 2.24) is 16.0 Å². The molecule has 5 heteroatoms. The van der Waals surface area contributed by atoms with E-state index in [2.05, 4.69) is 29.8 Å². The van der Waals surface area contributed by atoms with Crippen LogP contribution in [0.15, 0.2) is 0 Å². The average molecular weight is 215 g/mol. The van der Waals surface area contributed by atoms with Crippen LogP contribution < -0.4 is 16.0 Å². The average Bonchev–Trinajstić information content (AvgIpc) is 2.64. The fourth-order valence-electron chi connectivity index (χ4n) is 1.42. The molecule has 0 spiro atoms. The normalized spacial score (nSPS) is 20.6. The summed E-state index contributed by atoms with van der Waals surface area (Å²) in [5.41, 5.74) is 0. The van der Waals surface area contributed by atoms with E-state index in [1.165, 1.54) is 0 Å². The number of nitrogens with one attached hydrogen (secondary N) is 3. The molecule has 3 N–H and O–H groups in total. The summed E-state index contributed by atoms with van der Waals surface area (Å²) in [6.45, 7) is 6.99. The largest absolute Gasteiger partial charge is 0.379 e. The maximum absolute atomic E-state index is 11.3. The van der Waals surface area contributed by atoms with Crippen molar-refractivity contribution in [3.05, 3.63) is 0 Å². The number of ether oxygens (including phenoxy) is 1. The van der Waals surface area contributed by atoms with E-state index in [4.69, 9.17) is 4.74 Å². The molecular formula is C10H21N3O2. The van der Waals surface area contributed by atoms with E-state index in [-0.39, 0.29) is 12.1 Å². The van der Waals surface area contributed by atoms with Crippen LogP contribution in [0.1, 0.15) is 20.3 Å². The minimum atomic E-state index is -0.101. The number of amides is 2. The molecule has 0 saturated carbocycles. The van der Waals surface area contributed by atoms with E-state index in [9.17, 15) is 4.79 Å². The summed E-state index contributed by atoms with van der Waals surface area (Å²) in [7, 11) is 0. The molecule has 0 aliphatic carbocycles. The van der Waals surface area contributed by atoms with Crippen molar-refractivity contribution in [2.75, 3.05) is 26.3 Å². The Bertz CT molecular complexity index is 191. The van der Waals surface area contributed by atoms with Gasteiger partial charge in [-0.05, 0) is 6.42 Å². The van der Waals surface area contributed by atoms with E-state index < -0.39 is 0 Å². The highest BCUT2D eigenvalue weighted by atomic mass is 16.5. The van der Waals surface area contributed by atoms with Gasteiger partial charge < -0.3 is 20.7 Å². The lowest BCUT2D eigenvalue weighted by atomic mass is 10.3. The zero-order chi connectivity index (χ0) is 11.1. The maximum atomic E-state index is 11.3. The Morgan fingerprint density at radius 3 is 2.87 bits per heavy atom. The van der Waals surface area contributed by atoms with Crippen LogP contribution in [0, 0.1) is 0 Å². The van der Waals surface area contributed by atoms with Crippen LogP contribution in [0.25, 0.3) is 0 Å². The smallest absolute Gasteiger partial charge is 0.315 e. The molecule has 1 aliphatic heterocycles. The second kappa shape index (κ2) is 6.63. The summed E-state index contributed by atoms with van der Waals surface area (Å²) < 4.78 is 5.16. The van der Waals surface area contributed by atoms with Gasteiger partial charge in [-0.1, -0.05) is 13.8 Å². The van der Waals surface area contributed by atoms with Crippen LogP contribution in [0.4, 0.5) is 4.79 Å². The van der Waals surface area contributed by atoms with Crippen LogP contribution >= 0.6 is 0 Å². The van der Waals surface area contributed by atoms with E-state index in [0.29, 0.717) is 19.2 Å². The van der Waals surface area contributed by atoms with Gasteiger partial charge in [0.05, 0.1) is 12.6 Å². The summed E-state index contributed by atoms with van der Waals surface area (Å²) in [6, 6.07) is 0.539. The van der Waals surface area contributed by atoms with Crippen LogP contribution in [-0.2, 0) is 4.74 Å². The van der Waals surface area contributed by atoms with Gasteiger partial charge in [-0.2, -0.15) is 0 Å². The van der Waals surface area contributed by atoms with E-state index >= 15 is 0 Å². The van der Waals surface area contributed by atoms with Gasteiger partial charge in [0.25, 0.3) is 0 Å². The lowest BCUT2D eigenvalue weighted by Gasteiger charge is -2.12. The minimum absolute atomic E-state index is 0.101. The van der Waals surface area contributed by atoms with Crippen molar-refractivity contribution >= 4 is 6.03 Å². The number of hydrogen-bond donors (Lipinski definition) is 3. The van der Waals surface area contributed by atoms with Crippen LogP contribution in [-0.4, -0.2) is 44.4 Å². The van der Waals surface area contributed by atoms with Crippen LogP contribution in [0.3, 0.4) is 0 Å². The van der Waals surface area contributed by atoms with Gasteiger partial charge in [0.15, 0.2) is 0 Å². The van der Waals surface area contributed by atoms with E-state index in [0.717, 1.165) is 19.6 Å². The second-order valence-corrected chi connectivity index (χ2v) is 4.07. The Labute approximate surface area is 90.9 Å². The molecule has 1 heterocycles. The Hall–Kier alpha value is -0.810. The molecule has 88 valence electrons. The van der Waals surface area contributed by atoms with Gasteiger partial charge in [-0.15, -0.1) is 0 Å². The number of carbonyl (C=O) groups is 1. The Morgan fingerprint density at radius 2 is 2.27 bits per heavy atom. The molecule has 0 aromatic carbocycles. The molecule has 5 nitrogen and oxygen atoms in total. The standard InChI is InChI=1S/C10H21N3O2/c1-8(2)11-4-5-12-10(14)13-9-3-6-15-7-9/h8-9,11H,3-7H2,1-2H3,(H2,12,13,14). The van der Waals surface area contributed by atoms with E-state index in [1.54, 1.807) is 0 Å². The highest BCUT2D eigenvalue weighted by molar-refractivity contribution is 5.74. The third kappa shape index (κ3) is 5.59. The molecule has 0 radical (unpaired) electrons. The summed E-state index contributed by atoms with van der Waals surface area (Å²) >= 11 is 0. The molecule has 1 saturated heterocycles. The first-order chi connectivity index (χ1) is 7.18. The van der Waals surface area contributed by atoms with Crippen LogP contribution in [0.2, 0.25) is 0 Å². The first kappa shape index (κ1) is 12.3. The third-order valence-electron chi connectivity index (χ3n) is 2.23. The Morgan fingerprint density at radius 1 is 1.47 bits per heavy atom. The molecule has 0 aromatic rings. The van der Waals surface area contributed by atoms with Crippen LogP contribution in [0.5, 0.6) is 0 Å². The number of urea groups is 1. The van der Waals surface area contributed by atoms with Gasteiger partial charge in [0.1, 0.15) is 0 Å². The molecule has 1 atom stereocenters. The predicted octanol–water partition coefficient (Wildman–Crippen LogP) is 0.0725. The number of carbonyl (C=O) groups excluding carboxylic acids is 1. The highest BCUT2D eigenvalue weighted by Gasteiger charge is 2.16. The van der Waals surface area contributed by atoms with Crippen molar-refractivity contribution in [3.63, 3.8) is 0 Å². The zero-order valence-corrected chi connectivity index (χ0v) is 9.51. The Kier molecular flexibility index (Phi) is 5.42. The van der Waals surface area contributed by atoms with Crippen molar-refractivity contribution in [2.45, 2.75) is 32.4 Å². The predicted molar refractivity (Wildman–Crippen MR) is 58.9 cm³/mol. The minimum Gasteiger partial charge on any atom is -0.379 e. The molecule has 2 amide bonds. The summed E-state index contributed by atoms with van der Waals surface area (Å²) in [6.07, 6.45) is 0.914. The number of rotatable bonds is 5. The fourth-order valence-corrected chi connectivity index (χ4v) is 1.42. The zero-order valence-electron chi connectivity index (χ0n) is 9.51. The fraction of sp³-hybridized carbons (Fsp3) is 0.900. The molecule has 1 unspecified atom stereocenters. The molecule has 15 heavy (non-hydrogen) atoms. The van der Waals surface area contributed by atoms with Gasteiger partial charge in [0.2, 0.25) is 0 Å². The van der Waals surface area contributed by atoms with Gasteiger partial charge in [-0.3, -0.25) is 0 Å². The molecule has 0 aromatic heterocycles. The topological polar surface area (TPSA) is 62.4 Å². The van der Waals surface area contributed by atoms with Gasteiger partial charge >= 0.3 is 6.03 Å². The first-order valence-electron chi connectivity index (χ1n) is 5.54. The third-order valence-corrected chi connectivity index (χ3v) is 2.23. The quantitative estimate of drug-likeness (QED) is 0.569. The molecule has 1 fully saturated rings. The van der Waals surface area contributed by atoms with Crippen molar-refractivity contribution < 1.29 is 9.53 Å². The van der Waals surface area contributed by atoms with E-state index in [1.807, 2.05) is 0 Å². The van der Waals surface area contributed by atoms with Gasteiger partial charge in [0, 0.05) is 25.7 Å². The summed E-state index contributed by atoms with van der Waals surface area (Å²) in [4.78, 5) is 11.3. The second-order valence-electron chi connectivity index (χ2n) is 4.07. The maximum Gasteiger partial charge on any atom is 0.315 e. The van der Waals surface area contributed by atoms with Crippen molar-refractivity contribution in [2.24, 2.45) is 0 Å². The first-order valence-corrected chi connectivity index (χ1v) is 5.54. The lowest BCUT2D eigenvalue weighted by Crippen LogP contribution is -2.44. The molecule has 1 rings (SSSR count). The molecular weight excluding hydrogens is 194 g/mol.